The Balaban J connectivity index is 1.67. The normalized spacial score (nSPS) is 10.7. The van der Waals surface area contributed by atoms with E-state index in [2.05, 4.69) is 10.5 Å². The molecular weight excluding hydrogens is 344 g/mol. The molecule has 3 aromatic rings. The van der Waals surface area contributed by atoms with E-state index in [4.69, 9.17) is 14.2 Å². The maximum absolute atomic E-state index is 12.0. The molecule has 0 radical (unpaired) electrons. The number of benzene rings is 3. The van der Waals surface area contributed by atoms with Crippen LogP contribution in [-0.4, -0.2) is 32.9 Å². The zero-order valence-electron chi connectivity index (χ0n) is 15.1. The monoisotopic (exact) mass is 364 g/mol. The average molecular weight is 364 g/mol. The van der Waals surface area contributed by atoms with Gasteiger partial charge >= 0.3 is 0 Å². The highest BCUT2D eigenvalue weighted by Crippen LogP contribution is 2.26. The molecule has 0 aromatic heterocycles. The lowest BCUT2D eigenvalue weighted by atomic mass is 10.0. The van der Waals surface area contributed by atoms with Crippen molar-refractivity contribution in [2.24, 2.45) is 5.10 Å². The largest absolute Gasteiger partial charge is 0.496 e. The second-order valence-electron chi connectivity index (χ2n) is 5.64. The highest BCUT2D eigenvalue weighted by atomic mass is 16.5. The molecule has 0 atom stereocenters. The summed E-state index contributed by atoms with van der Waals surface area (Å²) in [7, 11) is 3.14. The second-order valence-corrected chi connectivity index (χ2v) is 5.64. The van der Waals surface area contributed by atoms with Crippen molar-refractivity contribution in [3.8, 4) is 17.2 Å². The van der Waals surface area contributed by atoms with Crippen LogP contribution in [0.1, 0.15) is 5.56 Å². The molecular formula is C21H20N2O4. The van der Waals surface area contributed by atoms with Crippen LogP contribution in [0.15, 0.2) is 65.8 Å². The van der Waals surface area contributed by atoms with E-state index in [-0.39, 0.29) is 12.5 Å². The van der Waals surface area contributed by atoms with Gasteiger partial charge in [-0.2, -0.15) is 5.10 Å². The summed E-state index contributed by atoms with van der Waals surface area (Å²) < 4.78 is 16.1. The summed E-state index contributed by atoms with van der Waals surface area (Å²) in [6, 6.07) is 18.9. The summed E-state index contributed by atoms with van der Waals surface area (Å²) in [6.07, 6.45) is 1.57. The molecule has 0 unspecified atom stereocenters. The fourth-order valence-electron chi connectivity index (χ4n) is 2.67. The van der Waals surface area contributed by atoms with Crippen LogP contribution in [0.3, 0.4) is 0 Å². The van der Waals surface area contributed by atoms with Crippen LogP contribution in [0.25, 0.3) is 10.8 Å². The summed E-state index contributed by atoms with van der Waals surface area (Å²) in [6.45, 7) is -0.176. The predicted octanol–water partition coefficient (Wildman–Crippen LogP) is 3.39. The van der Waals surface area contributed by atoms with Gasteiger partial charge in [0.25, 0.3) is 5.91 Å². The van der Waals surface area contributed by atoms with E-state index in [9.17, 15) is 4.79 Å². The number of para-hydroxylation sites is 2. The van der Waals surface area contributed by atoms with Crippen molar-refractivity contribution in [3.05, 3.63) is 66.2 Å². The Labute approximate surface area is 157 Å². The number of carbonyl (C=O) groups is 1. The summed E-state index contributed by atoms with van der Waals surface area (Å²) in [5.74, 6) is 1.36. The quantitative estimate of drug-likeness (QED) is 0.515. The number of nitrogens with zero attached hydrogens (tertiary/aromatic N) is 1. The van der Waals surface area contributed by atoms with E-state index in [0.29, 0.717) is 17.2 Å². The van der Waals surface area contributed by atoms with Gasteiger partial charge in [-0.05, 0) is 29.0 Å². The Bertz CT molecular complexity index is 969. The van der Waals surface area contributed by atoms with E-state index < -0.39 is 0 Å². The number of ether oxygens (including phenoxy) is 3. The van der Waals surface area contributed by atoms with Crippen molar-refractivity contribution < 1.29 is 19.0 Å². The first-order chi connectivity index (χ1) is 13.2. The number of hydrazone groups is 1. The van der Waals surface area contributed by atoms with Crippen LogP contribution < -0.4 is 19.6 Å². The van der Waals surface area contributed by atoms with Gasteiger partial charge in [0.1, 0.15) is 5.75 Å². The molecule has 3 aromatic carbocycles. The van der Waals surface area contributed by atoms with E-state index in [0.717, 1.165) is 16.3 Å². The van der Waals surface area contributed by atoms with Gasteiger partial charge in [0.15, 0.2) is 18.1 Å². The lowest BCUT2D eigenvalue weighted by Crippen LogP contribution is -2.24. The van der Waals surface area contributed by atoms with Crippen LogP contribution in [0.2, 0.25) is 0 Å². The molecule has 0 fully saturated rings. The Morgan fingerprint density at radius 2 is 1.63 bits per heavy atom. The molecule has 27 heavy (non-hydrogen) atoms. The number of amides is 1. The SMILES string of the molecule is COc1ccccc1OCC(=O)NN=Cc1c(OC)ccc2ccccc12. The molecule has 0 saturated heterocycles. The van der Waals surface area contributed by atoms with Crippen LogP contribution in [0, 0.1) is 0 Å². The molecule has 138 valence electrons. The minimum Gasteiger partial charge on any atom is -0.496 e. The number of hydrogen-bond acceptors (Lipinski definition) is 5. The van der Waals surface area contributed by atoms with Crippen LogP contribution in [0.5, 0.6) is 17.2 Å². The van der Waals surface area contributed by atoms with Gasteiger partial charge in [0, 0.05) is 5.56 Å². The summed E-state index contributed by atoms with van der Waals surface area (Å²) >= 11 is 0. The summed E-state index contributed by atoms with van der Waals surface area (Å²) in [5, 5.41) is 6.09. The first kappa shape index (κ1) is 18.3. The molecule has 6 heteroatoms. The lowest BCUT2D eigenvalue weighted by molar-refractivity contribution is -0.123. The number of hydrogen-bond donors (Lipinski definition) is 1. The van der Waals surface area contributed by atoms with Crippen LogP contribution in [-0.2, 0) is 4.79 Å². The Morgan fingerprint density at radius 3 is 2.41 bits per heavy atom. The number of methoxy groups -OCH3 is 2. The fraction of sp³-hybridized carbons (Fsp3) is 0.143. The van der Waals surface area contributed by atoms with Gasteiger partial charge < -0.3 is 14.2 Å². The molecule has 1 N–H and O–H groups in total. The van der Waals surface area contributed by atoms with Gasteiger partial charge in [-0.3, -0.25) is 4.79 Å². The van der Waals surface area contributed by atoms with Crippen molar-refractivity contribution in [2.45, 2.75) is 0 Å². The van der Waals surface area contributed by atoms with Crippen molar-refractivity contribution in [3.63, 3.8) is 0 Å². The molecule has 0 spiro atoms. The zero-order chi connectivity index (χ0) is 19.1. The Kier molecular flexibility index (Phi) is 5.89. The molecule has 0 saturated carbocycles. The van der Waals surface area contributed by atoms with Gasteiger partial charge in [-0.25, -0.2) is 5.43 Å². The zero-order valence-corrected chi connectivity index (χ0v) is 15.1. The third kappa shape index (κ3) is 4.36. The van der Waals surface area contributed by atoms with E-state index in [1.54, 1.807) is 38.6 Å². The molecule has 6 nitrogen and oxygen atoms in total. The third-order valence-corrected chi connectivity index (χ3v) is 3.96. The van der Waals surface area contributed by atoms with Crippen molar-refractivity contribution in [1.29, 1.82) is 0 Å². The standard InChI is InChI=1S/C21H20N2O4/c1-25-18-12-11-15-7-3-4-8-16(15)17(18)13-22-23-21(24)14-27-20-10-6-5-9-19(20)26-2/h3-13H,14H2,1-2H3,(H,23,24). The molecule has 0 heterocycles. The average Bonchev–Trinajstić information content (AvgIpc) is 2.72. The van der Waals surface area contributed by atoms with Crippen LogP contribution >= 0.6 is 0 Å². The second kappa shape index (κ2) is 8.71. The van der Waals surface area contributed by atoms with Gasteiger partial charge in [0.2, 0.25) is 0 Å². The minimum absolute atomic E-state index is 0.176. The van der Waals surface area contributed by atoms with E-state index in [1.807, 2.05) is 42.5 Å². The number of rotatable bonds is 7. The number of carbonyl (C=O) groups excluding carboxylic acids is 1. The maximum Gasteiger partial charge on any atom is 0.277 e. The topological polar surface area (TPSA) is 69.2 Å². The Morgan fingerprint density at radius 1 is 0.926 bits per heavy atom. The van der Waals surface area contributed by atoms with Crippen molar-refractivity contribution in [1.82, 2.24) is 5.43 Å². The minimum atomic E-state index is -0.378. The lowest BCUT2D eigenvalue weighted by Gasteiger charge is -2.09. The fourth-order valence-corrected chi connectivity index (χ4v) is 2.67. The van der Waals surface area contributed by atoms with Crippen LogP contribution in [0.4, 0.5) is 0 Å². The first-order valence-electron chi connectivity index (χ1n) is 8.36. The summed E-state index contributed by atoms with van der Waals surface area (Å²) in [5.41, 5.74) is 3.26. The Hall–Kier alpha value is -3.54. The third-order valence-electron chi connectivity index (χ3n) is 3.96. The smallest absolute Gasteiger partial charge is 0.277 e. The maximum atomic E-state index is 12.0. The van der Waals surface area contributed by atoms with Crippen molar-refractivity contribution >= 4 is 22.9 Å². The highest BCUT2D eigenvalue weighted by molar-refractivity contribution is 6.02. The molecule has 0 aliphatic rings. The number of fused-ring (bicyclic) bond motifs is 1. The predicted molar refractivity (Wildman–Crippen MR) is 105 cm³/mol. The molecule has 3 rings (SSSR count). The van der Waals surface area contributed by atoms with E-state index >= 15 is 0 Å². The summed E-state index contributed by atoms with van der Waals surface area (Å²) in [4.78, 5) is 12.0. The molecule has 0 bridgehead atoms. The molecule has 0 aliphatic heterocycles. The number of nitrogens with one attached hydrogen (secondary N) is 1. The van der Waals surface area contributed by atoms with Gasteiger partial charge in [-0.1, -0.05) is 42.5 Å². The molecule has 1 amide bonds. The van der Waals surface area contributed by atoms with E-state index in [1.165, 1.54) is 0 Å². The first-order valence-corrected chi connectivity index (χ1v) is 8.36. The van der Waals surface area contributed by atoms with Gasteiger partial charge in [0.05, 0.1) is 20.4 Å². The highest BCUT2D eigenvalue weighted by Gasteiger charge is 2.08. The molecule has 0 aliphatic carbocycles. The van der Waals surface area contributed by atoms with Crippen molar-refractivity contribution in [2.75, 3.05) is 20.8 Å². The van der Waals surface area contributed by atoms with Gasteiger partial charge in [-0.15, -0.1) is 0 Å².